The zero-order valence-electron chi connectivity index (χ0n) is 17.7. The van der Waals surface area contributed by atoms with Gasteiger partial charge in [-0.05, 0) is 32.4 Å². The summed E-state index contributed by atoms with van der Waals surface area (Å²) in [7, 11) is -3.94. The molecule has 32 heavy (non-hydrogen) atoms. The molecule has 3 rings (SSSR count). The highest BCUT2D eigenvalue weighted by molar-refractivity contribution is 7.89. The molecule has 1 amide bonds. The molecule has 0 radical (unpaired) electrons. The van der Waals surface area contributed by atoms with Gasteiger partial charge in [0.05, 0.1) is 15.5 Å². The fourth-order valence-electron chi connectivity index (χ4n) is 3.07. The molecule has 0 saturated carbocycles. The molecule has 0 spiro atoms. The highest BCUT2D eigenvalue weighted by atomic mass is 32.2. The van der Waals surface area contributed by atoms with Crippen molar-refractivity contribution in [2.45, 2.75) is 25.7 Å². The summed E-state index contributed by atoms with van der Waals surface area (Å²) in [6.45, 7) is 5.73. The number of benzene rings is 2. The number of aromatic nitrogens is 1. The van der Waals surface area contributed by atoms with Gasteiger partial charge in [-0.25, -0.2) is 18.1 Å². The van der Waals surface area contributed by atoms with E-state index in [1.54, 1.807) is 6.92 Å². The van der Waals surface area contributed by atoms with Crippen molar-refractivity contribution in [3.05, 3.63) is 74.3 Å². The summed E-state index contributed by atoms with van der Waals surface area (Å²) in [6.07, 6.45) is 0. The molecule has 0 aliphatic heterocycles. The molecule has 168 valence electrons. The summed E-state index contributed by atoms with van der Waals surface area (Å²) in [4.78, 5) is 27.5. The van der Waals surface area contributed by atoms with Crippen LogP contribution in [0.15, 0.2) is 47.4 Å². The molecule has 0 fully saturated rings. The van der Waals surface area contributed by atoms with Crippen LogP contribution in [0.4, 0.5) is 5.69 Å². The van der Waals surface area contributed by atoms with E-state index < -0.39 is 14.9 Å². The second-order valence-electron chi connectivity index (χ2n) is 7.16. The Morgan fingerprint density at radius 3 is 2.56 bits per heavy atom. The average molecular weight is 475 g/mol. The molecule has 1 aromatic heterocycles. The molecular weight excluding hydrogens is 452 g/mol. The quantitative estimate of drug-likeness (QED) is 0.292. The van der Waals surface area contributed by atoms with E-state index in [1.165, 1.54) is 29.5 Å². The molecule has 9 nitrogen and oxygen atoms in total. The standard InChI is InChI=1S/C21H22N4O5S2/c1-13-7-8-18(14(2)11-13)21-24-15(3)19(31-21)20(26)22-9-10-23-32(29,30)17-6-4-5-16(12-17)25(27)28/h4-8,11-12,23H,9-10H2,1-3H3,(H,22,26). The number of nitro benzene ring substituents is 1. The largest absolute Gasteiger partial charge is 0.350 e. The van der Waals surface area contributed by atoms with Crippen LogP contribution in [0.25, 0.3) is 10.6 Å². The topological polar surface area (TPSA) is 131 Å². The van der Waals surface area contributed by atoms with E-state index in [1.807, 2.05) is 26.0 Å². The zero-order valence-corrected chi connectivity index (χ0v) is 19.3. The van der Waals surface area contributed by atoms with Gasteiger partial charge in [0, 0.05) is 30.8 Å². The lowest BCUT2D eigenvalue weighted by Gasteiger charge is -2.08. The van der Waals surface area contributed by atoms with Crippen molar-refractivity contribution in [1.29, 1.82) is 0 Å². The number of nitro groups is 1. The SMILES string of the molecule is Cc1ccc(-c2nc(C)c(C(=O)NCCNS(=O)(=O)c3cccc([N+](=O)[O-])c3)s2)c(C)c1. The Morgan fingerprint density at radius 1 is 1.12 bits per heavy atom. The van der Waals surface area contributed by atoms with Gasteiger partial charge in [-0.3, -0.25) is 14.9 Å². The van der Waals surface area contributed by atoms with Gasteiger partial charge < -0.3 is 5.32 Å². The Labute approximate surface area is 189 Å². The van der Waals surface area contributed by atoms with Crippen LogP contribution in [0.2, 0.25) is 0 Å². The van der Waals surface area contributed by atoms with Gasteiger partial charge in [0.15, 0.2) is 0 Å². The molecule has 0 bridgehead atoms. The number of non-ortho nitro benzene ring substituents is 1. The summed E-state index contributed by atoms with van der Waals surface area (Å²) >= 11 is 1.28. The number of hydrogen-bond acceptors (Lipinski definition) is 7. The average Bonchev–Trinajstić information content (AvgIpc) is 3.12. The number of nitrogens with one attached hydrogen (secondary N) is 2. The Morgan fingerprint density at radius 2 is 1.88 bits per heavy atom. The first kappa shape index (κ1) is 23.5. The minimum absolute atomic E-state index is 0.0449. The number of thiazole rings is 1. The number of rotatable bonds is 8. The second kappa shape index (κ2) is 9.55. The van der Waals surface area contributed by atoms with Gasteiger partial charge in [0.25, 0.3) is 11.6 Å². The van der Waals surface area contributed by atoms with Crippen LogP contribution in [-0.2, 0) is 10.0 Å². The van der Waals surface area contributed by atoms with Crippen LogP contribution < -0.4 is 10.0 Å². The Bertz CT molecular complexity index is 1290. The Hall–Kier alpha value is -3.15. The lowest BCUT2D eigenvalue weighted by atomic mass is 10.1. The lowest BCUT2D eigenvalue weighted by Crippen LogP contribution is -2.34. The first-order valence-electron chi connectivity index (χ1n) is 9.66. The van der Waals surface area contributed by atoms with Gasteiger partial charge in [0.1, 0.15) is 9.88 Å². The Balaban J connectivity index is 1.61. The van der Waals surface area contributed by atoms with E-state index in [0.29, 0.717) is 10.6 Å². The monoisotopic (exact) mass is 474 g/mol. The molecule has 0 aliphatic carbocycles. The first-order chi connectivity index (χ1) is 15.1. The number of hydrogen-bond donors (Lipinski definition) is 2. The molecule has 11 heteroatoms. The molecule has 2 aromatic carbocycles. The van der Waals surface area contributed by atoms with Gasteiger partial charge in [-0.2, -0.15) is 0 Å². The van der Waals surface area contributed by atoms with Crippen LogP contribution in [0, 0.1) is 30.9 Å². The van der Waals surface area contributed by atoms with Crippen molar-refractivity contribution >= 4 is 33.0 Å². The lowest BCUT2D eigenvalue weighted by molar-refractivity contribution is -0.385. The normalized spacial score (nSPS) is 11.3. The van der Waals surface area contributed by atoms with Crippen LogP contribution >= 0.6 is 11.3 Å². The van der Waals surface area contributed by atoms with Gasteiger partial charge in [-0.15, -0.1) is 11.3 Å². The van der Waals surface area contributed by atoms with Crippen LogP contribution in [0.5, 0.6) is 0 Å². The smallest absolute Gasteiger partial charge is 0.270 e. The molecular formula is C21H22N4O5S2. The zero-order chi connectivity index (χ0) is 23.5. The van der Waals surface area contributed by atoms with Crippen LogP contribution in [0.1, 0.15) is 26.5 Å². The van der Waals surface area contributed by atoms with Gasteiger partial charge >= 0.3 is 0 Å². The first-order valence-corrected chi connectivity index (χ1v) is 12.0. The predicted molar refractivity (Wildman–Crippen MR) is 122 cm³/mol. The van der Waals surface area contributed by atoms with Crippen molar-refractivity contribution in [1.82, 2.24) is 15.0 Å². The number of aryl methyl sites for hydroxylation is 3. The minimum Gasteiger partial charge on any atom is -0.350 e. The summed E-state index contributed by atoms with van der Waals surface area (Å²) in [5.74, 6) is -0.342. The number of carbonyl (C=O) groups is 1. The van der Waals surface area contributed by atoms with Crippen LogP contribution in [-0.4, -0.2) is 37.3 Å². The van der Waals surface area contributed by atoms with Crippen molar-refractivity contribution in [3.8, 4) is 10.6 Å². The van der Waals surface area contributed by atoms with E-state index in [2.05, 4.69) is 21.1 Å². The molecule has 2 N–H and O–H groups in total. The summed E-state index contributed by atoms with van der Waals surface area (Å²) in [5.41, 5.74) is 3.46. The fourth-order valence-corrected chi connectivity index (χ4v) is 5.21. The third kappa shape index (κ3) is 5.36. The molecule has 0 unspecified atom stereocenters. The summed E-state index contributed by atoms with van der Waals surface area (Å²) < 4.78 is 27.0. The predicted octanol–water partition coefficient (Wildman–Crippen LogP) is 3.35. The summed E-state index contributed by atoms with van der Waals surface area (Å²) in [5, 5.41) is 14.3. The van der Waals surface area contributed by atoms with E-state index in [4.69, 9.17) is 0 Å². The number of amides is 1. The molecule has 0 saturated heterocycles. The minimum atomic E-state index is -3.94. The van der Waals surface area contributed by atoms with Gasteiger partial charge in [-0.1, -0.05) is 29.8 Å². The van der Waals surface area contributed by atoms with E-state index in [9.17, 15) is 23.3 Å². The van der Waals surface area contributed by atoms with Gasteiger partial charge in [0.2, 0.25) is 10.0 Å². The highest BCUT2D eigenvalue weighted by Crippen LogP contribution is 2.30. The maximum absolute atomic E-state index is 12.6. The van der Waals surface area contributed by atoms with Crippen molar-refractivity contribution in [2.75, 3.05) is 13.1 Å². The van der Waals surface area contributed by atoms with Crippen molar-refractivity contribution in [3.63, 3.8) is 0 Å². The number of carbonyl (C=O) groups excluding carboxylic acids is 1. The number of sulfonamides is 1. The fraction of sp³-hybridized carbons (Fsp3) is 0.238. The van der Waals surface area contributed by atoms with Crippen molar-refractivity contribution in [2.24, 2.45) is 0 Å². The van der Waals surface area contributed by atoms with Crippen LogP contribution in [0.3, 0.4) is 0 Å². The summed E-state index contributed by atoms with van der Waals surface area (Å²) in [6, 6.07) is 10.8. The maximum Gasteiger partial charge on any atom is 0.270 e. The van der Waals surface area contributed by atoms with E-state index in [-0.39, 0.29) is 29.6 Å². The maximum atomic E-state index is 12.6. The third-order valence-corrected chi connectivity index (χ3v) is 7.30. The highest BCUT2D eigenvalue weighted by Gasteiger charge is 2.19. The Kier molecular flexibility index (Phi) is 7.02. The number of nitrogens with zero attached hydrogens (tertiary/aromatic N) is 2. The molecule has 3 aromatic rings. The molecule has 0 aliphatic rings. The molecule has 1 heterocycles. The van der Waals surface area contributed by atoms with E-state index >= 15 is 0 Å². The van der Waals surface area contributed by atoms with E-state index in [0.717, 1.165) is 27.8 Å². The second-order valence-corrected chi connectivity index (χ2v) is 9.93. The van der Waals surface area contributed by atoms with Crippen molar-refractivity contribution < 1.29 is 18.1 Å². The molecule has 0 atom stereocenters. The third-order valence-electron chi connectivity index (χ3n) is 4.66.